The molecular formula is C29H32N6O6. The monoisotopic (exact) mass is 560 g/mol. The predicted molar refractivity (Wildman–Crippen MR) is 153 cm³/mol. The van der Waals surface area contributed by atoms with Crippen LogP contribution in [0.3, 0.4) is 0 Å². The van der Waals surface area contributed by atoms with Gasteiger partial charge in [-0.2, -0.15) is 0 Å². The Morgan fingerprint density at radius 1 is 0.976 bits per heavy atom. The molecule has 12 heteroatoms. The molecule has 1 aliphatic heterocycles. The lowest BCUT2D eigenvalue weighted by Gasteiger charge is -2.36. The van der Waals surface area contributed by atoms with Crippen molar-refractivity contribution in [3.63, 3.8) is 0 Å². The Morgan fingerprint density at radius 2 is 1.68 bits per heavy atom. The summed E-state index contributed by atoms with van der Waals surface area (Å²) in [5.41, 5.74) is 7.62. The number of carbonyl (C=O) groups is 3. The zero-order chi connectivity index (χ0) is 29.4. The lowest BCUT2D eigenvalue weighted by molar-refractivity contribution is -0.139. The first-order chi connectivity index (χ1) is 19.7. The Bertz CT molecular complexity index is 1420. The molecule has 0 bridgehead atoms. The standard InChI is InChI=1S/C29H32N6O6/c30-28(31)19-6-5-7-20(16-19)33-27(21-8-1-4-11-24(21)41-18-26(38)39)29(40)32-17-25(37)35-14-12-34(13-15-35)22-9-2-3-10-23(22)36/h1-11,16,27,33,36H,12-15,17-18H2,(H3,30,31)(H,32,40)(H,38,39). The van der Waals surface area contributed by atoms with Crippen LogP contribution in [0.25, 0.3) is 0 Å². The number of nitrogen functional groups attached to an aromatic ring is 1. The van der Waals surface area contributed by atoms with Crippen molar-refractivity contribution in [3.8, 4) is 11.5 Å². The topological polar surface area (TPSA) is 181 Å². The van der Waals surface area contributed by atoms with Gasteiger partial charge in [-0.1, -0.05) is 42.5 Å². The van der Waals surface area contributed by atoms with Crippen molar-refractivity contribution in [2.75, 3.05) is 49.5 Å². The molecule has 0 saturated carbocycles. The van der Waals surface area contributed by atoms with Crippen LogP contribution in [0.4, 0.5) is 11.4 Å². The molecule has 41 heavy (non-hydrogen) atoms. The van der Waals surface area contributed by atoms with Gasteiger partial charge >= 0.3 is 5.97 Å². The largest absolute Gasteiger partial charge is 0.506 e. The highest BCUT2D eigenvalue weighted by atomic mass is 16.5. The van der Waals surface area contributed by atoms with E-state index in [9.17, 15) is 19.5 Å². The quantitative estimate of drug-likeness (QED) is 0.150. The Hall–Kier alpha value is -5.26. The van der Waals surface area contributed by atoms with Gasteiger partial charge in [-0.05, 0) is 30.3 Å². The number of nitrogens with zero attached hydrogens (tertiary/aromatic N) is 2. The number of amidine groups is 1. The number of nitrogens with one attached hydrogen (secondary N) is 3. The normalized spacial score (nSPS) is 13.7. The summed E-state index contributed by atoms with van der Waals surface area (Å²) in [5.74, 6) is -1.74. The molecule has 12 nitrogen and oxygen atoms in total. The van der Waals surface area contributed by atoms with Gasteiger partial charge in [0.25, 0.3) is 0 Å². The number of anilines is 2. The van der Waals surface area contributed by atoms with Gasteiger partial charge in [0.1, 0.15) is 23.4 Å². The summed E-state index contributed by atoms with van der Waals surface area (Å²) < 4.78 is 5.43. The van der Waals surface area contributed by atoms with E-state index in [0.29, 0.717) is 48.7 Å². The molecule has 1 atom stereocenters. The molecule has 3 aromatic rings. The van der Waals surface area contributed by atoms with Crippen LogP contribution in [-0.2, 0) is 14.4 Å². The molecular weight excluding hydrogens is 528 g/mol. The smallest absolute Gasteiger partial charge is 0.341 e. The zero-order valence-electron chi connectivity index (χ0n) is 22.2. The van der Waals surface area contributed by atoms with Crippen LogP contribution < -0.4 is 26.0 Å². The number of phenolic OH excluding ortho intramolecular Hbond substituents is 1. The van der Waals surface area contributed by atoms with E-state index in [1.807, 2.05) is 17.0 Å². The second kappa shape index (κ2) is 13.2. The van der Waals surface area contributed by atoms with Crippen molar-refractivity contribution in [2.24, 2.45) is 5.73 Å². The van der Waals surface area contributed by atoms with Crippen molar-refractivity contribution >= 4 is 35.0 Å². The van der Waals surface area contributed by atoms with Crippen LogP contribution in [0.15, 0.2) is 72.8 Å². The SMILES string of the molecule is N=C(N)c1cccc(NC(C(=O)NCC(=O)N2CCN(c3ccccc3O)CC2)c2ccccc2OCC(=O)O)c1. The maximum absolute atomic E-state index is 13.5. The van der Waals surface area contributed by atoms with Gasteiger partial charge in [-0.25, -0.2) is 4.79 Å². The third kappa shape index (κ3) is 7.44. The number of benzene rings is 3. The van der Waals surface area contributed by atoms with Crippen LogP contribution in [0.5, 0.6) is 11.5 Å². The number of nitrogens with two attached hydrogens (primary N) is 1. The van der Waals surface area contributed by atoms with Gasteiger partial charge in [0.05, 0.1) is 12.2 Å². The molecule has 2 amide bonds. The molecule has 1 fully saturated rings. The minimum absolute atomic E-state index is 0.145. The van der Waals surface area contributed by atoms with E-state index in [4.69, 9.17) is 21.0 Å². The molecule has 1 heterocycles. The van der Waals surface area contributed by atoms with Gasteiger partial charge in [-0.3, -0.25) is 15.0 Å². The fraction of sp³-hybridized carbons (Fsp3) is 0.241. The van der Waals surface area contributed by atoms with Crippen molar-refractivity contribution in [3.05, 3.63) is 83.9 Å². The van der Waals surface area contributed by atoms with Crippen molar-refractivity contribution < 1.29 is 29.3 Å². The number of rotatable bonds is 11. The number of hydrogen-bond donors (Lipinski definition) is 6. The summed E-state index contributed by atoms with van der Waals surface area (Å²) in [6.07, 6.45) is 0. The number of carbonyl (C=O) groups excluding carboxylic acids is 2. The summed E-state index contributed by atoms with van der Waals surface area (Å²) in [5, 5.41) is 32.7. The predicted octanol–water partition coefficient (Wildman–Crippen LogP) is 1.76. The molecule has 3 aromatic carbocycles. The average molecular weight is 561 g/mol. The van der Waals surface area contributed by atoms with E-state index in [-0.39, 0.29) is 29.8 Å². The number of aliphatic carboxylic acids is 1. The highest BCUT2D eigenvalue weighted by Gasteiger charge is 2.27. The summed E-state index contributed by atoms with van der Waals surface area (Å²) in [6, 6.07) is 19.1. The lowest BCUT2D eigenvalue weighted by Crippen LogP contribution is -2.51. The molecule has 1 saturated heterocycles. The van der Waals surface area contributed by atoms with Crippen molar-refractivity contribution in [2.45, 2.75) is 6.04 Å². The molecule has 4 rings (SSSR count). The summed E-state index contributed by atoms with van der Waals surface area (Å²) in [4.78, 5) is 41.3. The van der Waals surface area contributed by atoms with Gasteiger partial charge < -0.3 is 41.1 Å². The van der Waals surface area contributed by atoms with E-state index in [1.54, 1.807) is 65.6 Å². The molecule has 214 valence electrons. The third-order valence-corrected chi connectivity index (χ3v) is 6.60. The Balaban J connectivity index is 1.46. The summed E-state index contributed by atoms with van der Waals surface area (Å²) in [6.45, 7) is 1.06. The molecule has 0 aromatic heterocycles. The highest BCUT2D eigenvalue weighted by molar-refractivity contribution is 5.96. The van der Waals surface area contributed by atoms with Crippen molar-refractivity contribution in [1.29, 1.82) is 5.41 Å². The maximum atomic E-state index is 13.5. The van der Waals surface area contributed by atoms with Gasteiger partial charge in [-0.15, -0.1) is 0 Å². The molecule has 0 radical (unpaired) electrons. The van der Waals surface area contributed by atoms with Gasteiger partial charge in [0.2, 0.25) is 11.8 Å². The van der Waals surface area contributed by atoms with Crippen LogP contribution in [0.1, 0.15) is 17.2 Å². The third-order valence-electron chi connectivity index (χ3n) is 6.60. The Labute approximate surface area is 236 Å². The number of para-hydroxylation sites is 3. The number of hydrogen-bond acceptors (Lipinski definition) is 8. The fourth-order valence-electron chi connectivity index (χ4n) is 4.52. The minimum Gasteiger partial charge on any atom is -0.506 e. The highest BCUT2D eigenvalue weighted by Crippen LogP contribution is 2.29. The van der Waals surface area contributed by atoms with E-state index in [0.717, 1.165) is 0 Å². The second-order valence-electron chi connectivity index (χ2n) is 9.37. The Kier molecular flexibility index (Phi) is 9.25. The lowest BCUT2D eigenvalue weighted by atomic mass is 10.0. The molecule has 1 aliphatic rings. The van der Waals surface area contributed by atoms with E-state index >= 15 is 0 Å². The van der Waals surface area contributed by atoms with Crippen LogP contribution in [0, 0.1) is 5.41 Å². The summed E-state index contributed by atoms with van der Waals surface area (Å²) in [7, 11) is 0. The van der Waals surface area contributed by atoms with Crippen LogP contribution in [0.2, 0.25) is 0 Å². The first-order valence-electron chi connectivity index (χ1n) is 13.0. The van der Waals surface area contributed by atoms with E-state index in [2.05, 4.69) is 10.6 Å². The van der Waals surface area contributed by atoms with Crippen LogP contribution in [-0.4, -0.2) is 78.1 Å². The number of piperazine rings is 1. The molecule has 7 N–H and O–H groups in total. The Morgan fingerprint density at radius 3 is 2.39 bits per heavy atom. The number of carboxylic acid groups (broad SMARTS) is 1. The molecule has 1 unspecified atom stereocenters. The van der Waals surface area contributed by atoms with E-state index < -0.39 is 24.5 Å². The first-order valence-corrected chi connectivity index (χ1v) is 13.0. The van der Waals surface area contributed by atoms with Gasteiger partial charge in [0.15, 0.2) is 6.61 Å². The number of carboxylic acids is 1. The van der Waals surface area contributed by atoms with Crippen LogP contribution >= 0.6 is 0 Å². The average Bonchev–Trinajstić information content (AvgIpc) is 2.98. The number of phenols is 1. The number of aromatic hydroxyl groups is 1. The van der Waals surface area contributed by atoms with E-state index in [1.165, 1.54) is 0 Å². The number of ether oxygens (including phenoxy) is 1. The van der Waals surface area contributed by atoms with Crippen molar-refractivity contribution in [1.82, 2.24) is 10.2 Å². The summed E-state index contributed by atoms with van der Waals surface area (Å²) >= 11 is 0. The number of amides is 2. The fourth-order valence-corrected chi connectivity index (χ4v) is 4.52. The minimum atomic E-state index is -1.17. The molecule has 0 aliphatic carbocycles. The zero-order valence-corrected chi connectivity index (χ0v) is 22.2. The van der Waals surface area contributed by atoms with Gasteiger partial charge in [0, 0.05) is 43.0 Å². The maximum Gasteiger partial charge on any atom is 0.341 e. The first kappa shape index (κ1) is 28.7. The molecule has 0 spiro atoms. The second-order valence-corrected chi connectivity index (χ2v) is 9.37.